The second kappa shape index (κ2) is 8.26. The highest BCUT2D eigenvalue weighted by Gasteiger charge is 2.21. The first-order valence-electron chi connectivity index (χ1n) is 10.4. The summed E-state index contributed by atoms with van der Waals surface area (Å²) in [4.78, 5) is 17.8. The summed E-state index contributed by atoms with van der Waals surface area (Å²) < 4.78 is 9.43. The van der Waals surface area contributed by atoms with Crippen molar-refractivity contribution in [3.8, 4) is 11.4 Å². The maximum absolute atomic E-state index is 13.1. The number of benzene rings is 2. The Morgan fingerprint density at radius 2 is 1.94 bits per heavy atom. The van der Waals surface area contributed by atoms with Gasteiger partial charge in [-0.05, 0) is 51.1 Å². The number of hydrogen-bond donors (Lipinski definition) is 1. The Hall–Kier alpha value is -3.61. The number of methoxy groups -OCH3 is 1. The number of amides is 1. The molecule has 2 heterocycles. The summed E-state index contributed by atoms with van der Waals surface area (Å²) >= 11 is 0. The number of anilines is 1. The van der Waals surface area contributed by atoms with E-state index in [1.54, 1.807) is 7.11 Å². The average Bonchev–Trinajstić information content (AvgIpc) is 3.31. The number of ether oxygens (including phenoxy) is 1. The lowest BCUT2D eigenvalue weighted by molar-refractivity contribution is -0.118. The number of aryl methyl sites for hydroxylation is 3. The van der Waals surface area contributed by atoms with E-state index in [-0.39, 0.29) is 5.91 Å². The number of carbonyl (C=O) groups excluding carboxylic acids is 1. The Kier molecular flexibility index (Phi) is 5.50. The number of hydrogen-bond acceptors (Lipinski definition) is 4. The molecule has 0 saturated carbocycles. The first-order chi connectivity index (χ1) is 14.9. The van der Waals surface area contributed by atoms with Gasteiger partial charge in [-0.3, -0.25) is 4.79 Å². The summed E-state index contributed by atoms with van der Waals surface area (Å²) in [7, 11) is 1.61. The highest BCUT2D eigenvalue weighted by atomic mass is 16.5. The molecule has 0 aliphatic heterocycles. The topological polar surface area (TPSA) is 74.0 Å². The molecule has 0 aliphatic rings. The minimum atomic E-state index is -0.413. The van der Waals surface area contributed by atoms with Crippen molar-refractivity contribution >= 4 is 22.6 Å². The van der Waals surface area contributed by atoms with Gasteiger partial charge in [-0.25, -0.2) is 9.67 Å². The second-order valence-corrected chi connectivity index (χ2v) is 7.63. The first kappa shape index (κ1) is 20.7. The van der Waals surface area contributed by atoms with Crippen molar-refractivity contribution in [3.63, 3.8) is 0 Å². The van der Waals surface area contributed by atoms with Crippen LogP contribution in [-0.4, -0.2) is 32.3 Å². The van der Waals surface area contributed by atoms with Crippen LogP contribution in [0.2, 0.25) is 0 Å². The minimum Gasteiger partial charge on any atom is -0.494 e. The van der Waals surface area contributed by atoms with Crippen LogP contribution in [0.1, 0.15) is 37.1 Å². The van der Waals surface area contributed by atoms with E-state index >= 15 is 0 Å². The van der Waals surface area contributed by atoms with Crippen LogP contribution in [-0.2, 0) is 11.2 Å². The van der Waals surface area contributed by atoms with E-state index in [1.165, 1.54) is 0 Å². The smallest absolute Gasteiger partial charge is 0.247 e. The molecule has 0 aliphatic carbocycles. The Morgan fingerprint density at radius 1 is 1.16 bits per heavy atom. The normalized spacial score (nSPS) is 12.2. The molecule has 0 fully saturated rings. The zero-order valence-electron chi connectivity index (χ0n) is 18.5. The molecule has 7 heteroatoms. The molecule has 0 unspecified atom stereocenters. The minimum absolute atomic E-state index is 0.112. The molecule has 2 aromatic heterocycles. The fourth-order valence-corrected chi connectivity index (χ4v) is 3.94. The number of para-hydroxylation sites is 2. The van der Waals surface area contributed by atoms with Gasteiger partial charge in [0, 0.05) is 23.9 Å². The first-order valence-corrected chi connectivity index (χ1v) is 10.4. The van der Waals surface area contributed by atoms with Crippen molar-refractivity contribution in [2.45, 2.75) is 40.2 Å². The number of aromatic nitrogens is 4. The number of rotatable bonds is 6. The summed E-state index contributed by atoms with van der Waals surface area (Å²) in [5.74, 6) is 1.42. The largest absolute Gasteiger partial charge is 0.494 e. The lowest BCUT2D eigenvalue weighted by atomic mass is 10.2. The van der Waals surface area contributed by atoms with Crippen LogP contribution in [0, 0.1) is 13.8 Å². The monoisotopic (exact) mass is 417 g/mol. The van der Waals surface area contributed by atoms with Gasteiger partial charge >= 0.3 is 0 Å². The molecule has 0 radical (unpaired) electrons. The van der Waals surface area contributed by atoms with E-state index in [1.807, 2.05) is 85.5 Å². The molecule has 4 rings (SSSR count). The lowest BCUT2D eigenvalue weighted by Crippen LogP contribution is -2.25. The van der Waals surface area contributed by atoms with Crippen LogP contribution in [0.25, 0.3) is 16.7 Å². The van der Waals surface area contributed by atoms with E-state index in [0.29, 0.717) is 11.4 Å². The Morgan fingerprint density at radius 3 is 2.61 bits per heavy atom. The molecular formula is C24H27N5O2. The van der Waals surface area contributed by atoms with Gasteiger partial charge in [-0.15, -0.1) is 0 Å². The zero-order valence-corrected chi connectivity index (χ0v) is 18.5. The molecule has 2 aromatic carbocycles. The number of nitrogens with one attached hydrogen (secondary N) is 1. The molecule has 7 nitrogen and oxygen atoms in total. The summed E-state index contributed by atoms with van der Waals surface area (Å²) in [5.41, 5.74) is 5.30. The van der Waals surface area contributed by atoms with E-state index in [0.717, 1.165) is 40.4 Å². The predicted molar refractivity (Wildman–Crippen MR) is 122 cm³/mol. The van der Waals surface area contributed by atoms with Gasteiger partial charge in [0.25, 0.3) is 0 Å². The number of imidazole rings is 1. The van der Waals surface area contributed by atoms with Gasteiger partial charge in [0.15, 0.2) is 0 Å². The average molecular weight is 418 g/mol. The SMILES string of the molecule is CCc1nc2ccccc2n1[C@H](C)C(=O)Nc1ccc(-n2nc(C)cc2C)c(OC)c1. The molecule has 4 aromatic rings. The number of fused-ring (bicyclic) bond motifs is 1. The lowest BCUT2D eigenvalue weighted by Gasteiger charge is -2.18. The molecule has 1 amide bonds. The van der Waals surface area contributed by atoms with Gasteiger partial charge in [0.1, 0.15) is 23.3 Å². The quantitative estimate of drug-likeness (QED) is 0.497. The third kappa shape index (κ3) is 3.79. The van der Waals surface area contributed by atoms with Crippen molar-refractivity contribution in [1.29, 1.82) is 0 Å². The summed E-state index contributed by atoms with van der Waals surface area (Å²) in [6.45, 7) is 7.89. The third-order valence-corrected chi connectivity index (χ3v) is 5.44. The summed E-state index contributed by atoms with van der Waals surface area (Å²) in [6.07, 6.45) is 0.747. The Labute approximate surface area is 181 Å². The maximum Gasteiger partial charge on any atom is 0.247 e. The van der Waals surface area contributed by atoms with E-state index in [4.69, 9.17) is 4.74 Å². The van der Waals surface area contributed by atoms with E-state index in [9.17, 15) is 4.79 Å². The highest BCUT2D eigenvalue weighted by molar-refractivity contribution is 5.95. The van der Waals surface area contributed by atoms with Gasteiger partial charge in [-0.2, -0.15) is 5.10 Å². The molecule has 0 saturated heterocycles. The van der Waals surface area contributed by atoms with Crippen LogP contribution in [0.15, 0.2) is 48.5 Å². The van der Waals surface area contributed by atoms with E-state index in [2.05, 4.69) is 15.4 Å². The molecule has 1 N–H and O–H groups in total. The van der Waals surface area contributed by atoms with Gasteiger partial charge in [0.2, 0.25) is 5.91 Å². The van der Waals surface area contributed by atoms with Gasteiger partial charge in [0.05, 0.1) is 23.8 Å². The predicted octanol–water partition coefficient (Wildman–Crippen LogP) is 4.61. The maximum atomic E-state index is 13.1. The third-order valence-electron chi connectivity index (χ3n) is 5.44. The van der Waals surface area contributed by atoms with Crippen LogP contribution >= 0.6 is 0 Å². The van der Waals surface area contributed by atoms with Gasteiger partial charge in [-0.1, -0.05) is 19.1 Å². The second-order valence-electron chi connectivity index (χ2n) is 7.63. The molecule has 0 bridgehead atoms. The van der Waals surface area contributed by atoms with Crippen LogP contribution in [0.3, 0.4) is 0 Å². The molecule has 160 valence electrons. The number of carbonyl (C=O) groups is 1. The van der Waals surface area contributed by atoms with Crippen LogP contribution < -0.4 is 10.1 Å². The Balaban J connectivity index is 1.62. The summed E-state index contributed by atoms with van der Waals surface area (Å²) in [5, 5.41) is 7.55. The Bertz CT molecular complexity index is 1250. The standard InChI is InChI=1S/C24H27N5O2/c1-6-23-26-19-9-7-8-10-20(19)28(23)17(4)24(30)25-18-11-12-21(22(14-18)31-5)29-16(3)13-15(2)27-29/h7-14,17H,6H2,1-5H3,(H,25,30)/t17-/m1/s1. The van der Waals surface area contributed by atoms with Crippen molar-refractivity contribution in [3.05, 3.63) is 65.7 Å². The fraction of sp³-hybridized carbons (Fsp3) is 0.292. The molecular weight excluding hydrogens is 390 g/mol. The highest BCUT2D eigenvalue weighted by Crippen LogP contribution is 2.29. The van der Waals surface area contributed by atoms with Crippen molar-refractivity contribution in [2.75, 3.05) is 12.4 Å². The fourth-order valence-electron chi connectivity index (χ4n) is 3.94. The summed E-state index contributed by atoms with van der Waals surface area (Å²) in [6, 6.07) is 15.1. The number of nitrogens with zero attached hydrogens (tertiary/aromatic N) is 4. The van der Waals surface area contributed by atoms with Crippen LogP contribution in [0.4, 0.5) is 5.69 Å². The van der Waals surface area contributed by atoms with Crippen molar-refractivity contribution in [1.82, 2.24) is 19.3 Å². The molecule has 31 heavy (non-hydrogen) atoms. The van der Waals surface area contributed by atoms with Gasteiger partial charge < -0.3 is 14.6 Å². The van der Waals surface area contributed by atoms with E-state index < -0.39 is 6.04 Å². The van der Waals surface area contributed by atoms with Crippen LogP contribution in [0.5, 0.6) is 5.75 Å². The van der Waals surface area contributed by atoms with Crippen molar-refractivity contribution in [2.24, 2.45) is 0 Å². The molecule has 0 spiro atoms. The van der Waals surface area contributed by atoms with Crippen molar-refractivity contribution < 1.29 is 9.53 Å². The zero-order chi connectivity index (χ0) is 22.1. The molecule has 1 atom stereocenters.